The number of benzene rings is 1. The van der Waals surface area contributed by atoms with Gasteiger partial charge in [-0.15, -0.1) is 11.8 Å². The van der Waals surface area contributed by atoms with Crippen LogP contribution in [0.1, 0.15) is 12.5 Å². The summed E-state index contributed by atoms with van der Waals surface area (Å²) in [5.41, 5.74) is 0.311. The van der Waals surface area contributed by atoms with Gasteiger partial charge in [0.2, 0.25) is 0 Å². The fraction of sp³-hybridized carbons (Fsp3) is 0.250. The molecule has 0 saturated heterocycles. The van der Waals surface area contributed by atoms with Crippen molar-refractivity contribution in [2.45, 2.75) is 17.5 Å². The van der Waals surface area contributed by atoms with Gasteiger partial charge >= 0.3 is 0 Å². The molecule has 4 heteroatoms. The van der Waals surface area contributed by atoms with E-state index < -0.39 is 5.54 Å². The van der Waals surface area contributed by atoms with E-state index in [9.17, 15) is 5.26 Å². The molecule has 0 aliphatic carbocycles. The second-order valence-corrected chi connectivity index (χ2v) is 5.37. The lowest BCUT2D eigenvalue weighted by Gasteiger charge is -2.27. The summed E-state index contributed by atoms with van der Waals surface area (Å²) in [5.74, 6) is 0.623. The van der Waals surface area contributed by atoms with Gasteiger partial charge in [-0.25, -0.2) is 4.98 Å². The molecule has 2 aromatic rings. The monoisotopic (exact) mass is 283 g/mol. The lowest BCUT2D eigenvalue weighted by Crippen LogP contribution is -2.43. The van der Waals surface area contributed by atoms with E-state index in [0.29, 0.717) is 5.75 Å². The first kappa shape index (κ1) is 14.6. The summed E-state index contributed by atoms with van der Waals surface area (Å²) in [5, 5.41) is 13.9. The van der Waals surface area contributed by atoms with Crippen LogP contribution in [-0.2, 0) is 5.54 Å². The van der Waals surface area contributed by atoms with Crippen molar-refractivity contribution >= 4 is 11.8 Å². The molecule has 1 heterocycles. The van der Waals surface area contributed by atoms with Crippen molar-refractivity contribution in [1.82, 2.24) is 10.3 Å². The number of nitrogens with zero attached hydrogens (tertiary/aromatic N) is 2. The van der Waals surface area contributed by atoms with Crippen molar-refractivity contribution in [3.8, 4) is 6.07 Å². The van der Waals surface area contributed by atoms with Gasteiger partial charge in [0.15, 0.2) is 0 Å². The summed E-state index contributed by atoms with van der Waals surface area (Å²) in [6, 6.07) is 18.1. The Morgan fingerprint density at radius 3 is 2.55 bits per heavy atom. The lowest BCUT2D eigenvalue weighted by molar-refractivity contribution is 0.490. The zero-order valence-corrected chi connectivity index (χ0v) is 12.2. The molecule has 1 N–H and O–H groups in total. The fourth-order valence-corrected chi connectivity index (χ4v) is 3.02. The van der Waals surface area contributed by atoms with Gasteiger partial charge in [-0.05, 0) is 24.2 Å². The van der Waals surface area contributed by atoms with E-state index in [-0.39, 0.29) is 0 Å². The first-order valence-electron chi connectivity index (χ1n) is 6.56. The Hall–Kier alpha value is -1.83. The van der Waals surface area contributed by atoms with E-state index in [1.165, 1.54) is 0 Å². The maximum absolute atomic E-state index is 9.69. The average molecular weight is 283 g/mol. The predicted molar refractivity (Wildman–Crippen MR) is 82.4 cm³/mol. The van der Waals surface area contributed by atoms with Gasteiger partial charge in [0, 0.05) is 11.9 Å². The lowest BCUT2D eigenvalue weighted by atomic mass is 9.93. The van der Waals surface area contributed by atoms with Crippen LogP contribution in [0.4, 0.5) is 0 Å². The molecular formula is C16H17N3S. The minimum absolute atomic E-state index is 0.623. The van der Waals surface area contributed by atoms with Crippen molar-refractivity contribution in [2.24, 2.45) is 0 Å². The van der Waals surface area contributed by atoms with Crippen LogP contribution in [0, 0.1) is 11.3 Å². The van der Waals surface area contributed by atoms with Crippen LogP contribution >= 0.6 is 11.8 Å². The van der Waals surface area contributed by atoms with E-state index in [0.717, 1.165) is 17.1 Å². The molecule has 0 saturated carbocycles. The summed E-state index contributed by atoms with van der Waals surface area (Å²) >= 11 is 1.59. The quantitative estimate of drug-likeness (QED) is 0.827. The molecule has 0 bridgehead atoms. The number of hydrogen-bond donors (Lipinski definition) is 1. The fourth-order valence-electron chi connectivity index (χ4n) is 2.01. The van der Waals surface area contributed by atoms with Crippen molar-refractivity contribution in [1.29, 1.82) is 5.26 Å². The summed E-state index contributed by atoms with van der Waals surface area (Å²) < 4.78 is 0. The van der Waals surface area contributed by atoms with Crippen LogP contribution in [0.15, 0.2) is 59.8 Å². The van der Waals surface area contributed by atoms with Crippen LogP contribution < -0.4 is 5.32 Å². The highest BCUT2D eigenvalue weighted by molar-refractivity contribution is 7.99. The average Bonchev–Trinajstić information content (AvgIpc) is 2.53. The zero-order valence-electron chi connectivity index (χ0n) is 11.4. The van der Waals surface area contributed by atoms with Gasteiger partial charge in [-0.2, -0.15) is 5.26 Å². The highest BCUT2D eigenvalue weighted by Gasteiger charge is 2.31. The number of hydrogen-bond acceptors (Lipinski definition) is 4. The highest BCUT2D eigenvalue weighted by Crippen LogP contribution is 2.28. The number of pyridine rings is 1. The third-order valence-corrected chi connectivity index (χ3v) is 4.12. The molecule has 0 fully saturated rings. The first-order chi connectivity index (χ1) is 9.80. The number of rotatable bonds is 6. The topological polar surface area (TPSA) is 48.7 Å². The molecule has 0 aliphatic heterocycles. The molecule has 1 aromatic carbocycles. The minimum atomic E-state index is -0.682. The van der Waals surface area contributed by atoms with E-state index in [1.807, 2.05) is 55.5 Å². The van der Waals surface area contributed by atoms with Crippen molar-refractivity contribution < 1.29 is 0 Å². The molecule has 20 heavy (non-hydrogen) atoms. The van der Waals surface area contributed by atoms with Gasteiger partial charge in [0.05, 0.1) is 11.1 Å². The third-order valence-electron chi connectivity index (χ3n) is 3.01. The summed E-state index contributed by atoms with van der Waals surface area (Å²) in [7, 11) is 0. The third kappa shape index (κ3) is 3.38. The molecule has 1 aromatic heterocycles. The van der Waals surface area contributed by atoms with Crippen LogP contribution in [0.2, 0.25) is 0 Å². The van der Waals surface area contributed by atoms with Gasteiger partial charge in [0.25, 0.3) is 0 Å². The molecule has 1 unspecified atom stereocenters. The maximum Gasteiger partial charge on any atom is 0.141 e. The van der Waals surface area contributed by atoms with Crippen LogP contribution in [0.5, 0.6) is 0 Å². The largest absolute Gasteiger partial charge is 0.295 e. The number of aromatic nitrogens is 1. The van der Waals surface area contributed by atoms with Crippen LogP contribution in [0.25, 0.3) is 0 Å². The minimum Gasteiger partial charge on any atom is -0.295 e. The van der Waals surface area contributed by atoms with E-state index >= 15 is 0 Å². The Balaban J connectivity index is 2.22. The van der Waals surface area contributed by atoms with Gasteiger partial charge < -0.3 is 0 Å². The molecular weight excluding hydrogens is 266 g/mol. The van der Waals surface area contributed by atoms with Crippen molar-refractivity contribution in [3.63, 3.8) is 0 Å². The van der Waals surface area contributed by atoms with Crippen molar-refractivity contribution in [3.05, 3.63) is 60.3 Å². The number of nitrogens with one attached hydrogen (secondary N) is 1. The Morgan fingerprint density at radius 1 is 1.20 bits per heavy atom. The summed E-state index contributed by atoms with van der Waals surface area (Å²) in [6.07, 6.45) is 1.77. The van der Waals surface area contributed by atoms with Gasteiger partial charge in [-0.1, -0.05) is 43.3 Å². The molecule has 0 aliphatic rings. The molecule has 1 atom stereocenters. The molecule has 0 amide bonds. The maximum atomic E-state index is 9.69. The molecule has 2 rings (SSSR count). The molecule has 0 radical (unpaired) electrons. The normalized spacial score (nSPS) is 13.4. The predicted octanol–water partition coefficient (Wildman–Crippen LogP) is 3.20. The second kappa shape index (κ2) is 7.09. The van der Waals surface area contributed by atoms with E-state index in [2.05, 4.69) is 16.4 Å². The van der Waals surface area contributed by atoms with E-state index in [1.54, 1.807) is 18.0 Å². The van der Waals surface area contributed by atoms with Crippen molar-refractivity contribution in [2.75, 3.05) is 12.3 Å². The van der Waals surface area contributed by atoms with Gasteiger partial charge in [-0.3, -0.25) is 5.32 Å². The highest BCUT2D eigenvalue weighted by atomic mass is 32.2. The SMILES string of the molecule is CCNC(C#N)(CSc1ccccn1)c1ccccc1. The molecule has 3 nitrogen and oxygen atoms in total. The Bertz CT molecular complexity index is 565. The second-order valence-electron chi connectivity index (χ2n) is 4.37. The van der Waals surface area contributed by atoms with Crippen LogP contribution in [0.3, 0.4) is 0 Å². The van der Waals surface area contributed by atoms with Crippen LogP contribution in [-0.4, -0.2) is 17.3 Å². The summed E-state index contributed by atoms with van der Waals surface area (Å²) in [4.78, 5) is 4.30. The Morgan fingerprint density at radius 2 is 1.95 bits per heavy atom. The first-order valence-corrected chi connectivity index (χ1v) is 7.55. The molecule has 0 spiro atoms. The Labute approximate surface area is 124 Å². The molecule has 102 valence electrons. The standard InChI is InChI=1S/C16H17N3S/c1-2-19-16(12-17,14-8-4-3-5-9-14)13-20-15-10-6-7-11-18-15/h3-11,19H,2,13H2,1H3. The van der Waals surface area contributed by atoms with Gasteiger partial charge in [0.1, 0.15) is 5.54 Å². The number of thioether (sulfide) groups is 1. The smallest absolute Gasteiger partial charge is 0.141 e. The van der Waals surface area contributed by atoms with E-state index in [4.69, 9.17) is 0 Å². The summed E-state index contributed by atoms with van der Waals surface area (Å²) in [6.45, 7) is 2.76. The zero-order chi connectivity index (χ0) is 14.3. The Kier molecular flexibility index (Phi) is 5.16. The number of nitriles is 1.